The van der Waals surface area contributed by atoms with Crippen LogP contribution in [0.5, 0.6) is 0 Å². The maximum atomic E-state index is 6.70. The van der Waals surface area contributed by atoms with Crippen LogP contribution in [0.15, 0.2) is 165 Å². The van der Waals surface area contributed by atoms with E-state index in [1.165, 1.54) is 10.8 Å². The molecule has 0 spiro atoms. The van der Waals surface area contributed by atoms with Gasteiger partial charge in [0.1, 0.15) is 40.5 Å². The summed E-state index contributed by atoms with van der Waals surface area (Å²) >= 11 is 0. The van der Waals surface area contributed by atoms with Gasteiger partial charge in [-0.25, -0.2) is 4.99 Å². The number of fused-ring (bicyclic) bond motifs is 7. The minimum absolute atomic E-state index is 0.267. The predicted molar refractivity (Wildman–Crippen MR) is 195 cm³/mol. The lowest BCUT2D eigenvalue weighted by atomic mass is 9.97. The quantitative estimate of drug-likeness (QED) is 0.206. The van der Waals surface area contributed by atoms with Crippen LogP contribution in [0.4, 0.5) is 0 Å². The van der Waals surface area contributed by atoms with E-state index < -0.39 is 0 Å². The first-order chi connectivity index (χ1) is 23.8. The molecule has 0 amide bonds. The van der Waals surface area contributed by atoms with Gasteiger partial charge in [0.15, 0.2) is 0 Å². The Kier molecular flexibility index (Phi) is 6.01. The number of furan rings is 2. The number of hydrogen-bond acceptors (Lipinski definition) is 5. The van der Waals surface area contributed by atoms with Gasteiger partial charge in [-0.3, -0.25) is 5.32 Å². The molecule has 0 fully saturated rings. The first kappa shape index (κ1) is 27.0. The summed E-state index contributed by atoms with van der Waals surface area (Å²) in [5.41, 5.74) is 8.75. The Balaban J connectivity index is 1.14. The second-order valence-corrected chi connectivity index (χ2v) is 12.4. The summed E-state index contributed by atoms with van der Waals surface area (Å²) < 4.78 is 13.2. The third-order valence-corrected chi connectivity index (χ3v) is 9.57. The zero-order valence-electron chi connectivity index (χ0n) is 25.9. The Morgan fingerprint density at radius 2 is 1.21 bits per heavy atom. The molecule has 5 heteroatoms. The number of rotatable bonds is 4. The van der Waals surface area contributed by atoms with E-state index >= 15 is 0 Å². The summed E-state index contributed by atoms with van der Waals surface area (Å²) in [5.74, 6) is 0.819. The second kappa shape index (κ2) is 10.7. The third kappa shape index (κ3) is 4.25. The van der Waals surface area contributed by atoms with Gasteiger partial charge in [0.25, 0.3) is 0 Å². The molecule has 1 aliphatic rings. The number of amidine groups is 1. The van der Waals surface area contributed by atoms with Crippen LogP contribution in [0.3, 0.4) is 0 Å². The van der Waals surface area contributed by atoms with Crippen molar-refractivity contribution < 1.29 is 8.83 Å². The van der Waals surface area contributed by atoms with Gasteiger partial charge in [-0.15, -0.1) is 0 Å². The molecule has 0 aliphatic carbocycles. The van der Waals surface area contributed by atoms with Crippen molar-refractivity contribution in [1.82, 2.24) is 10.6 Å². The standard InChI is InChI=1S/C43H29N3O2/c1-2-12-27(13-3-1)41-44-42(46-43(45-41)35-20-9-17-32-31-15-6-7-21-36(31)47-40(32)35)34-19-10-22-37-38(34)33-18-8-16-30(39(33)48-37)29-24-23-26-11-4-5-14-28(26)25-29/h1-25,42-43,46H,(H,44,45). The van der Waals surface area contributed by atoms with Crippen molar-refractivity contribution in [2.24, 2.45) is 4.99 Å². The average Bonchev–Trinajstić information content (AvgIpc) is 3.73. The molecule has 48 heavy (non-hydrogen) atoms. The van der Waals surface area contributed by atoms with Crippen LogP contribution >= 0.6 is 0 Å². The molecule has 9 aromatic rings. The van der Waals surface area contributed by atoms with Crippen molar-refractivity contribution in [3.05, 3.63) is 168 Å². The molecule has 2 N–H and O–H groups in total. The van der Waals surface area contributed by atoms with Crippen molar-refractivity contribution in [2.45, 2.75) is 12.3 Å². The van der Waals surface area contributed by atoms with E-state index in [-0.39, 0.29) is 12.3 Å². The summed E-state index contributed by atoms with van der Waals surface area (Å²) in [6.45, 7) is 0. The summed E-state index contributed by atoms with van der Waals surface area (Å²) in [6, 6.07) is 52.6. The number of benzene rings is 7. The van der Waals surface area contributed by atoms with E-state index in [4.69, 9.17) is 13.8 Å². The van der Waals surface area contributed by atoms with Crippen molar-refractivity contribution >= 4 is 60.5 Å². The summed E-state index contributed by atoms with van der Waals surface area (Å²) in [5, 5.41) is 14.3. The fourth-order valence-corrected chi connectivity index (χ4v) is 7.30. The van der Waals surface area contributed by atoms with E-state index in [1.807, 2.05) is 30.3 Å². The highest BCUT2D eigenvalue weighted by molar-refractivity contribution is 6.12. The zero-order valence-corrected chi connectivity index (χ0v) is 25.9. The molecule has 0 saturated carbocycles. The molecule has 7 aromatic carbocycles. The molecule has 0 bridgehead atoms. The van der Waals surface area contributed by atoms with Gasteiger partial charge in [-0.05, 0) is 34.5 Å². The highest BCUT2D eigenvalue weighted by Crippen LogP contribution is 2.41. The second-order valence-electron chi connectivity index (χ2n) is 12.4. The molecule has 228 valence electrons. The first-order valence-corrected chi connectivity index (χ1v) is 16.3. The lowest BCUT2D eigenvalue weighted by Gasteiger charge is -2.32. The summed E-state index contributed by atoms with van der Waals surface area (Å²) in [7, 11) is 0. The lowest BCUT2D eigenvalue weighted by molar-refractivity contribution is 0.410. The molecule has 2 unspecified atom stereocenters. The minimum atomic E-state index is -0.364. The molecule has 3 heterocycles. The largest absolute Gasteiger partial charge is 0.456 e. The predicted octanol–water partition coefficient (Wildman–Crippen LogP) is 10.6. The number of nitrogens with one attached hydrogen (secondary N) is 2. The number of nitrogens with zero attached hydrogens (tertiary/aromatic N) is 1. The molecule has 10 rings (SSSR count). The Bertz CT molecular complexity index is 2700. The Labute approximate surface area is 276 Å². The zero-order chi connectivity index (χ0) is 31.6. The van der Waals surface area contributed by atoms with Gasteiger partial charge < -0.3 is 14.2 Å². The molecule has 1 aliphatic heterocycles. The number of hydrogen-bond donors (Lipinski definition) is 2. The Morgan fingerprint density at radius 3 is 2.15 bits per heavy atom. The van der Waals surface area contributed by atoms with Crippen molar-refractivity contribution in [3.8, 4) is 11.1 Å². The van der Waals surface area contributed by atoms with Crippen molar-refractivity contribution in [2.75, 3.05) is 0 Å². The molecular weight excluding hydrogens is 590 g/mol. The van der Waals surface area contributed by atoms with Crippen LogP contribution in [0.1, 0.15) is 29.0 Å². The fourth-order valence-electron chi connectivity index (χ4n) is 7.30. The SMILES string of the molecule is c1ccc(C2=NC(c3cccc4c3oc3ccccc34)NC(c3cccc4oc5c(-c6ccc7ccccc7c6)cccc5c34)N2)cc1. The van der Waals surface area contributed by atoms with E-state index in [0.29, 0.717) is 0 Å². The van der Waals surface area contributed by atoms with Gasteiger partial charge in [-0.1, -0.05) is 133 Å². The molecular formula is C43H29N3O2. The number of para-hydroxylation sites is 3. The van der Waals surface area contributed by atoms with Gasteiger partial charge in [0.2, 0.25) is 0 Å². The van der Waals surface area contributed by atoms with Crippen molar-refractivity contribution in [1.29, 1.82) is 0 Å². The third-order valence-electron chi connectivity index (χ3n) is 9.57. The smallest absolute Gasteiger partial charge is 0.143 e. The molecule has 0 saturated heterocycles. The normalized spacial score (nSPS) is 16.5. The van der Waals surface area contributed by atoms with E-state index in [9.17, 15) is 0 Å². The van der Waals surface area contributed by atoms with Crippen LogP contribution < -0.4 is 10.6 Å². The lowest BCUT2D eigenvalue weighted by Crippen LogP contribution is -2.45. The molecule has 5 nitrogen and oxygen atoms in total. The molecule has 2 atom stereocenters. The number of aliphatic imine (C=N–C) groups is 1. The fraction of sp³-hybridized carbons (Fsp3) is 0.0465. The van der Waals surface area contributed by atoms with Gasteiger partial charge in [0.05, 0.1) is 0 Å². The van der Waals surface area contributed by atoms with Gasteiger partial charge in [-0.2, -0.15) is 0 Å². The Morgan fingerprint density at radius 1 is 0.500 bits per heavy atom. The Hall–Kier alpha value is -6.17. The highest BCUT2D eigenvalue weighted by Gasteiger charge is 2.30. The monoisotopic (exact) mass is 619 g/mol. The van der Waals surface area contributed by atoms with Crippen LogP contribution in [-0.2, 0) is 0 Å². The molecule has 0 radical (unpaired) electrons. The van der Waals surface area contributed by atoms with Crippen LogP contribution in [0.2, 0.25) is 0 Å². The summed E-state index contributed by atoms with van der Waals surface area (Å²) in [6.07, 6.45) is -0.631. The minimum Gasteiger partial charge on any atom is -0.456 e. The van der Waals surface area contributed by atoms with Crippen LogP contribution in [-0.4, -0.2) is 5.84 Å². The van der Waals surface area contributed by atoms with Crippen LogP contribution in [0, 0.1) is 0 Å². The maximum Gasteiger partial charge on any atom is 0.143 e. The van der Waals surface area contributed by atoms with Gasteiger partial charge in [0, 0.05) is 43.8 Å². The van der Waals surface area contributed by atoms with Gasteiger partial charge >= 0.3 is 0 Å². The average molecular weight is 620 g/mol. The highest BCUT2D eigenvalue weighted by atomic mass is 16.3. The van der Waals surface area contributed by atoms with E-state index in [0.717, 1.165) is 77.5 Å². The van der Waals surface area contributed by atoms with Crippen LogP contribution in [0.25, 0.3) is 65.8 Å². The first-order valence-electron chi connectivity index (χ1n) is 16.3. The molecule has 2 aromatic heterocycles. The summed E-state index contributed by atoms with van der Waals surface area (Å²) in [4.78, 5) is 5.24. The van der Waals surface area contributed by atoms with E-state index in [1.54, 1.807) is 0 Å². The maximum absolute atomic E-state index is 6.70. The van der Waals surface area contributed by atoms with E-state index in [2.05, 4.69) is 132 Å². The van der Waals surface area contributed by atoms with Crippen molar-refractivity contribution in [3.63, 3.8) is 0 Å². The topological polar surface area (TPSA) is 62.7 Å².